The second kappa shape index (κ2) is 4.62. The van der Waals surface area contributed by atoms with Crippen LogP contribution in [0.15, 0.2) is 24.3 Å². The minimum absolute atomic E-state index is 0.00551. The molecule has 0 atom stereocenters. The quantitative estimate of drug-likeness (QED) is 0.687. The third-order valence-corrected chi connectivity index (χ3v) is 1.75. The molecular weight excluding hydrogens is 168 g/mol. The Morgan fingerprint density at radius 2 is 1.85 bits per heavy atom. The van der Waals surface area contributed by atoms with Crippen molar-refractivity contribution in [3.63, 3.8) is 0 Å². The van der Waals surface area contributed by atoms with Crippen LogP contribution in [0.4, 0.5) is 0 Å². The standard InChI is InChI=1S/C10H12O3/c11-7-1-2-10(13)8-3-5-9(12)6-4-8/h3-6,11-12H,1-2,7H2. The molecule has 0 heterocycles. The Hall–Kier alpha value is -1.35. The van der Waals surface area contributed by atoms with Crippen molar-refractivity contribution >= 4 is 5.78 Å². The van der Waals surface area contributed by atoms with Gasteiger partial charge in [0.25, 0.3) is 0 Å². The predicted molar refractivity (Wildman–Crippen MR) is 48.8 cm³/mol. The molecule has 1 aromatic carbocycles. The molecule has 0 aliphatic heterocycles. The second-order valence-electron chi connectivity index (χ2n) is 2.80. The average Bonchev–Trinajstić information content (AvgIpc) is 2.15. The zero-order valence-electron chi connectivity index (χ0n) is 7.23. The Morgan fingerprint density at radius 3 is 2.38 bits per heavy atom. The molecule has 0 saturated heterocycles. The molecule has 0 bridgehead atoms. The number of phenols is 1. The lowest BCUT2D eigenvalue weighted by Gasteiger charge is -1.99. The van der Waals surface area contributed by atoms with E-state index in [0.29, 0.717) is 18.4 Å². The van der Waals surface area contributed by atoms with E-state index in [1.807, 2.05) is 0 Å². The average molecular weight is 180 g/mol. The summed E-state index contributed by atoms with van der Waals surface area (Å²) in [4.78, 5) is 11.3. The third-order valence-electron chi connectivity index (χ3n) is 1.75. The fraction of sp³-hybridized carbons (Fsp3) is 0.300. The van der Waals surface area contributed by atoms with Crippen molar-refractivity contribution in [1.82, 2.24) is 0 Å². The number of hydrogen-bond acceptors (Lipinski definition) is 3. The Morgan fingerprint density at radius 1 is 1.23 bits per heavy atom. The fourth-order valence-electron chi connectivity index (χ4n) is 1.03. The van der Waals surface area contributed by atoms with Gasteiger partial charge in [0.1, 0.15) is 5.75 Å². The van der Waals surface area contributed by atoms with Gasteiger partial charge in [-0.1, -0.05) is 0 Å². The first-order valence-electron chi connectivity index (χ1n) is 4.17. The van der Waals surface area contributed by atoms with E-state index in [1.165, 1.54) is 12.1 Å². The molecule has 1 rings (SSSR count). The van der Waals surface area contributed by atoms with Crippen molar-refractivity contribution in [3.8, 4) is 5.75 Å². The number of hydrogen-bond donors (Lipinski definition) is 2. The summed E-state index contributed by atoms with van der Waals surface area (Å²) in [6, 6.07) is 6.11. The maximum Gasteiger partial charge on any atom is 0.162 e. The minimum Gasteiger partial charge on any atom is -0.508 e. The number of Topliss-reactive ketones (excluding diaryl/α,β-unsaturated/α-hetero) is 1. The van der Waals surface area contributed by atoms with Crippen molar-refractivity contribution in [2.45, 2.75) is 12.8 Å². The van der Waals surface area contributed by atoms with Crippen LogP contribution in [0.1, 0.15) is 23.2 Å². The number of phenolic OH excluding ortho intramolecular Hbond substituents is 1. The number of ketones is 1. The van der Waals surface area contributed by atoms with Crippen LogP contribution >= 0.6 is 0 Å². The van der Waals surface area contributed by atoms with Gasteiger partial charge in [0.05, 0.1) is 0 Å². The van der Waals surface area contributed by atoms with Crippen molar-refractivity contribution in [2.75, 3.05) is 6.61 Å². The van der Waals surface area contributed by atoms with Gasteiger partial charge in [0, 0.05) is 18.6 Å². The fourth-order valence-corrected chi connectivity index (χ4v) is 1.03. The van der Waals surface area contributed by atoms with Gasteiger partial charge in [0.15, 0.2) is 5.78 Å². The first-order chi connectivity index (χ1) is 6.24. The van der Waals surface area contributed by atoms with E-state index in [-0.39, 0.29) is 18.1 Å². The van der Waals surface area contributed by atoms with E-state index in [0.717, 1.165) is 0 Å². The van der Waals surface area contributed by atoms with Crippen LogP contribution in [0, 0.1) is 0 Å². The van der Waals surface area contributed by atoms with E-state index < -0.39 is 0 Å². The smallest absolute Gasteiger partial charge is 0.162 e. The zero-order valence-corrected chi connectivity index (χ0v) is 7.23. The molecule has 0 aromatic heterocycles. The Bertz CT molecular complexity index is 277. The highest BCUT2D eigenvalue weighted by Gasteiger charge is 2.04. The Labute approximate surface area is 76.6 Å². The maximum atomic E-state index is 11.3. The summed E-state index contributed by atoms with van der Waals surface area (Å²) in [5.74, 6) is 0.146. The molecule has 0 spiro atoms. The number of aliphatic hydroxyl groups is 1. The Kier molecular flexibility index (Phi) is 3.46. The molecule has 0 aliphatic carbocycles. The summed E-state index contributed by atoms with van der Waals surface area (Å²) in [6.45, 7) is 0.0316. The Balaban J connectivity index is 2.61. The van der Waals surface area contributed by atoms with Crippen LogP contribution in [-0.4, -0.2) is 22.6 Å². The van der Waals surface area contributed by atoms with Crippen molar-refractivity contribution < 1.29 is 15.0 Å². The van der Waals surface area contributed by atoms with Gasteiger partial charge in [0.2, 0.25) is 0 Å². The predicted octanol–water partition coefficient (Wildman–Crippen LogP) is 1.35. The van der Waals surface area contributed by atoms with Gasteiger partial charge in [-0.05, 0) is 30.7 Å². The molecular formula is C10H12O3. The third kappa shape index (κ3) is 2.87. The molecule has 0 unspecified atom stereocenters. The normalized spacial score (nSPS) is 9.92. The van der Waals surface area contributed by atoms with Crippen LogP contribution in [0.5, 0.6) is 5.75 Å². The molecule has 0 fully saturated rings. The summed E-state index contributed by atoms with van der Waals surface area (Å²) >= 11 is 0. The highest BCUT2D eigenvalue weighted by atomic mass is 16.3. The highest BCUT2D eigenvalue weighted by molar-refractivity contribution is 5.96. The van der Waals surface area contributed by atoms with Gasteiger partial charge in [-0.3, -0.25) is 4.79 Å². The van der Waals surface area contributed by atoms with Crippen LogP contribution in [0.2, 0.25) is 0 Å². The molecule has 70 valence electrons. The summed E-state index contributed by atoms with van der Waals surface area (Å²) in [7, 11) is 0. The van der Waals surface area contributed by atoms with E-state index in [2.05, 4.69) is 0 Å². The highest BCUT2D eigenvalue weighted by Crippen LogP contribution is 2.11. The summed E-state index contributed by atoms with van der Waals surface area (Å²) in [6.07, 6.45) is 0.834. The van der Waals surface area contributed by atoms with Crippen LogP contribution in [0.25, 0.3) is 0 Å². The van der Waals surface area contributed by atoms with Crippen molar-refractivity contribution in [2.24, 2.45) is 0 Å². The largest absolute Gasteiger partial charge is 0.508 e. The summed E-state index contributed by atoms with van der Waals surface area (Å²) in [5, 5.41) is 17.5. The van der Waals surface area contributed by atoms with Gasteiger partial charge >= 0.3 is 0 Å². The van der Waals surface area contributed by atoms with Gasteiger partial charge in [-0.25, -0.2) is 0 Å². The van der Waals surface area contributed by atoms with Crippen LogP contribution in [-0.2, 0) is 0 Å². The van der Waals surface area contributed by atoms with Crippen LogP contribution < -0.4 is 0 Å². The molecule has 0 saturated carbocycles. The molecule has 1 aromatic rings. The van der Waals surface area contributed by atoms with Gasteiger partial charge in [-0.2, -0.15) is 0 Å². The second-order valence-corrected chi connectivity index (χ2v) is 2.80. The summed E-state index contributed by atoms with van der Waals surface area (Å²) in [5.41, 5.74) is 0.575. The van der Waals surface area contributed by atoms with Gasteiger partial charge in [-0.15, -0.1) is 0 Å². The number of aliphatic hydroxyl groups excluding tert-OH is 1. The molecule has 13 heavy (non-hydrogen) atoms. The number of benzene rings is 1. The molecule has 2 N–H and O–H groups in total. The monoisotopic (exact) mass is 180 g/mol. The number of aromatic hydroxyl groups is 1. The number of rotatable bonds is 4. The van der Waals surface area contributed by atoms with E-state index in [4.69, 9.17) is 10.2 Å². The van der Waals surface area contributed by atoms with Crippen molar-refractivity contribution in [3.05, 3.63) is 29.8 Å². The molecule has 3 heteroatoms. The SMILES string of the molecule is O=C(CCCO)c1ccc(O)cc1. The summed E-state index contributed by atoms with van der Waals surface area (Å²) < 4.78 is 0. The van der Waals surface area contributed by atoms with Crippen molar-refractivity contribution in [1.29, 1.82) is 0 Å². The number of carbonyl (C=O) groups is 1. The first kappa shape index (κ1) is 9.74. The van der Waals surface area contributed by atoms with E-state index in [9.17, 15) is 4.79 Å². The lowest BCUT2D eigenvalue weighted by Crippen LogP contribution is -1.99. The molecule has 3 nitrogen and oxygen atoms in total. The lowest BCUT2D eigenvalue weighted by atomic mass is 10.1. The van der Waals surface area contributed by atoms with Gasteiger partial charge < -0.3 is 10.2 Å². The lowest BCUT2D eigenvalue weighted by molar-refractivity contribution is 0.0971. The maximum absolute atomic E-state index is 11.3. The zero-order chi connectivity index (χ0) is 9.68. The molecule has 0 radical (unpaired) electrons. The number of carbonyl (C=O) groups excluding carboxylic acids is 1. The van der Waals surface area contributed by atoms with E-state index >= 15 is 0 Å². The molecule has 0 amide bonds. The van der Waals surface area contributed by atoms with E-state index in [1.54, 1.807) is 12.1 Å². The topological polar surface area (TPSA) is 57.5 Å². The first-order valence-corrected chi connectivity index (χ1v) is 4.17. The minimum atomic E-state index is -0.00551. The van der Waals surface area contributed by atoms with Crippen LogP contribution in [0.3, 0.4) is 0 Å². The molecule has 0 aliphatic rings.